The SMILES string of the molecule is CCOc1ccc(-c2ccc(C(=O)NC(C(=O)NO)C(F)(F)F)cc2)cc1. The zero-order valence-electron chi connectivity index (χ0n) is 14.2. The van der Waals surface area contributed by atoms with E-state index in [1.807, 2.05) is 19.1 Å². The Kier molecular flexibility index (Phi) is 6.40. The highest BCUT2D eigenvalue weighted by Crippen LogP contribution is 2.24. The first kappa shape index (κ1) is 20.2. The van der Waals surface area contributed by atoms with Crippen molar-refractivity contribution in [3.05, 3.63) is 54.1 Å². The van der Waals surface area contributed by atoms with Gasteiger partial charge in [-0.3, -0.25) is 14.8 Å². The molecule has 9 heteroatoms. The highest BCUT2D eigenvalue weighted by atomic mass is 19.4. The molecule has 2 aromatic carbocycles. The van der Waals surface area contributed by atoms with Crippen LogP contribution in [0.2, 0.25) is 0 Å². The van der Waals surface area contributed by atoms with Crippen molar-refractivity contribution in [1.29, 1.82) is 0 Å². The first-order valence-corrected chi connectivity index (χ1v) is 7.91. The average molecular weight is 382 g/mol. The molecule has 0 saturated carbocycles. The Bertz CT molecular complexity index is 790. The minimum absolute atomic E-state index is 0.0651. The number of hydrogen-bond donors (Lipinski definition) is 3. The molecule has 27 heavy (non-hydrogen) atoms. The molecule has 2 amide bonds. The number of carbonyl (C=O) groups is 2. The number of amides is 2. The van der Waals surface area contributed by atoms with Crippen LogP contribution >= 0.6 is 0 Å². The van der Waals surface area contributed by atoms with Crippen LogP contribution < -0.4 is 15.5 Å². The van der Waals surface area contributed by atoms with Crippen LogP contribution in [-0.4, -0.2) is 35.8 Å². The molecule has 0 aliphatic heterocycles. The van der Waals surface area contributed by atoms with E-state index in [-0.39, 0.29) is 5.56 Å². The summed E-state index contributed by atoms with van der Waals surface area (Å²) in [6.45, 7) is 2.40. The van der Waals surface area contributed by atoms with Crippen LogP contribution in [0.5, 0.6) is 5.75 Å². The number of alkyl halides is 3. The van der Waals surface area contributed by atoms with Gasteiger partial charge in [-0.2, -0.15) is 13.2 Å². The second-order valence-electron chi connectivity index (χ2n) is 5.46. The summed E-state index contributed by atoms with van der Waals surface area (Å²) in [4.78, 5) is 23.1. The molecule has 0 bridgehead atoms. The summed E-state index contributed by atoms with van der Waals surface area (Å²) < 4.78 is 43.8. The summed E-state index contributed by atoms with van der Waals surface area (Å²) in [5.41, 5.74) is 2.40. The lowest BCUT2D eigenvalue weighted by molar-refractivity contribution is -0.172. The van der Waals surface area contributed by atoms with E-state index < -0.39 is 24.0 Å². The number of rotatable bonds is 6. The maximum absolute atomic E-state index is 12.8. The number of nitrogens with one attached hydrogen (secondary N) is 2. The predicted octanol–water partition coefficient (Wildman–Crippen LogP) is 2.92. The highest BCUT2D eigenvalue weighted by molar-refractivity contribution is 5.98. The van der Waals surface area contributed by atoms with Crippen molar-refractivity contribution < 1.29 is 32.7 Å². The Morgan fingerprint density at radius 3 is 2.00 bits per heavy atom. The Balaban J connectivity index is 2.13. The molecular formula is C18H17F3N2O4. The second kappa shape index (κ2) is 8.54. The second-order valence-corrected chi connectivity index (χ2v) is 5.46. The fourth-order valence-corrected chi connectivity index (χ4v) is 2.30. The van der Waals surface area contributed by atoms with Gasteiger partial charge in [0.05, 0.1) is 6.61 Å². The number of hydroxylamine groups is 1. The summed E-state index contributed by atoms with van der Waals surface area (Å²) in [7, 11) is 0. The lowest BCUT2D eigenvalue weighted by Crippen LogP contribution is -2.54. The third-order valence-electron chi connectivity index (χ3n) is 3.62. The van der Waals surface area contributed by atoms with E-state index >= 15 is 0 Å². The molecule has 1 unspecified atom stereocenters. The first-order chi connectivity index (χ1) is 12.8. The van der Waals surface area contributed by atoms with Crippen molar-refractivity contribution in [3.8, 4) is 16.9 Å². The van der Waals surface area contributed by atoms with Crippen molar-refractivity contribution in [2.45, 2.75) is 19.1 Å². The van der Waals surface area contributed by atoms with Crippen molar-refractivity contribution in [2.24, 2.45) is 0 Å². The van der Waals surface area contributed by atoms with Crippen LogP contribution in [0.25, 0.3) is 11.1 Å². The predicted molar refractivity (Wildman–Crippen MR) is 90.3 cm³/mol. The summed E-state index contributed by atoms with van der Waals surface area (Å²) in [5.74, 6) is -2.17. The molecule has 0 aliphatic rings. The van der Waals surface area contributed by atoms with E-state index in [1.165, 1.54) is 12.1 Å². The summed E-state index contributed by atoms with van der Waals surface area (Å²) in [5, 5.41) is 9.96. The smallest absolute Gasteiger partial charge is 0.417 e. The van der Waals surface area contributed by atoms with E-state index in [4.69, 9.17) is 9.94 Å². The van der Waals surface area contributed by atoms with Gasteiger partial charge in [0.25, 0.3) is 11.8 Å². The molecule has 3 N–H and O–H groups in total. The summed E-state index contributed by atoms with van der Waals surface area (Å²) in [6, 6.07) is 10.1. The maximum atomic E-state index is 12.8. The van der Waals surface area contributed by atoms with Crippen molar-refractivity contribution in [3.63, 3.8) is 0 Å². The Morgan fingerprint density at radius 1 is 1.04 bits per heavy atom. The van der Waals surface area contributed by atoms with Gasteiger partial charge in [0, 0.05) is 5.56 Å². The third-order valence-corrected chi connectivity index (χ3v) is 3.62. The average Bonchev–Trinajstić information content (AvgIpc) is 2.65. The van der Waals surface area contributed by atoms with E-state index in [0.29, 0.717) is 12.4 Å². The molecule has 0 radical (unpaired) electrons. The van der Waals surface area contributed by atoms with Gasteiger partial charge in [0.2, 0.25) is 6.04 Å². The lowest BCUT2D eigenvalue weighted by atomic mass is 10.0. The molecule has 6 nitrogen and oxygen atoms in total. The highest BCUT2D eigenvalue weighted by Gasteiger charge is 2.46. The van der Waals surface area contributed by atoms with Crippen molar-refractivity contribution in [2.75, 3.05) is 6.61 Å². The number of ether oxygens (including phenoxy) is 1. The normalized spacial score (nSPS) is 12.2. The zero-order valence-corrected chi connectivity index (χ0v) is 14.2. The molecule has 2 rings (SSSR count). The molecule has 0 aromatic heterocycles. The summed E-state index contributed by atoms with van der Waals surface area (Å²) >= 11 is 0. The van der Waals surface area contributed by atoms with Crippen molar-refractivity contribution in [1.82, 2.24) is 10.8 Å². The van der Waals surface area contributed by atoms with Crippen LogP contribution in [0.4, 0.5) is 13.2 Å². The fourth-order valence-electron chi connectivity index (χ4n) is 2.30. The molecule has 0 saturated heterocycles. The number of benzene rings is 2. The quantitative estimate of drug-likeness (QED) is 0.530. The largest absolute Gasteiger partial charge is 0.494 e. The molecule has 1 atom stereocenters. The Morgan fingerprint density at radius 2 is 1.56 bits per heavy atom. The Hall–Kier alpha value is -3.07. The maximum Gasteiger partial charge on any atom is 0.417 e. The molecule has 0 fully saturated rings. The fraction of sp³-hybridized carbons (Fsp3) is 0.222. The van der Waals surface area contributed by atoms with Gasteiger partial charge in [-0.1, -0.05) is 24.3 Å². The van der Waals surface area contributed by atoms with Gasteiger partial charge in [0.1, 0.15) is 5.75 Å². The lowest BCUT2D eigenvalue weighted by Gasteiger charge is -2.19. The number of carbonyl (C=O) groups excluding carboxylic acids is 2. The minimum atomic E-state index is -5.05. The van der Waals surface area contributed by atoms with Crippen LogP contribution in [0.1, 0.15) is 17.3 Å². The van der Waals surface area contributed by atoms with E-state index in [9.17, 15) is 22.8 Å². The number of halogens is 3. The van der Waals surface area contributed by atoms with Gasteiger partial charge in [-0.25, -0.2) is 5.48 Å². The van der Waals surface area contributed by atoms with Gasteiger partial charge >= 0.3 is 6.18 Å². The third kappa shape index (κ3) is 5.20. The Labute approximate surface area is 152 Å². The monoisotopic (exact) mass is 382 g/mol. The van der Waals surface area contributed by atoms with Crippen LogP contribution in [0.15, 0.2) is 48.5 Å². The molecule has 0 spiro atoms. The standard InChI is InChI=1S/C18H17F3N2O4/c1-2-27-14-9-7-12(8-10-14)11-3-5-13(6-4-11)16(24)22-15(17(25)23-26)18(19,20)21/h3-10,15,26H,2H2,1H3,(H,22,24)(H,23,25). The van der Waals surface area contributed by atoms with Crippen LogP contribution in [-0.2, 0) is 4.79 Å². The van der Waals surface area contributed by atoms with E-state index in [2.05, 4.69) is 0 Å². The van der Waals surface area contributed by atoms with Crippen LogP contribution in [0, 0.1) is 0 Å². The molecule has 2 aromatic rings. The van der Waals surface area contributed by atoms with Gasteiger partial charge in [-0.15, -0.1) is 0 Å². The summed E-state index contributed by atoms with van der Waals surface area (Å²) in [6.07, 6.45) is -5.05. The zero-order chi connectivity index (χ0) is 20.0. The van der Waals surface area contributed by atoms with Crippen molar-refractivity contribution >= 4 is 11.8 Å². The topological polar surface area (TPSA) is 87.7 Å². The molecule has 0 heterocycles. The van der Waals surface area contributed by atoms with Gasteiger partial charge in [-0.05, 0) is 42.3 Å². The molecule has 0 aliphatic carbocycles. The molecular weight excluding hydrogens is 365 g/mol. The number of hydrogen-bond acceptors (Lipinski definition) is 4. The van der Waals surface area contributed by atoms with E-state index in [0.717, 1.165) is 16.6 Å². The van der Waals surface area contributed by atoms with Crippen LogP contribution in [0.3, 0.4) is 0 Å². The minimum Gasteiger partial charge on any atom is -0.494 e. The van der Waals surface area contributed by atoms with Gasteiger partial charge in [0.15, 0.2) is 0 Å². The molecule has 144 valence electrons. The first-order valence-electron chi connectivity index (χ1n) is 7.91. The van der Waals surface area contributed by atoms with Gasteiger partial charge < -0.3 is 10.1 Å². The van der Waals surface area contributed by atoms with E-state index in [1.54, 1.807) is 29.6 Å².